The minimum absolute atomic E-state index is 0.150. The first-order valence-corrected chi connectivity index (χ1v) is 11.4. The van der Waals surface area contributed by atoms with Crippen LogP contribution in [0.4, 0.5) is 18.0 Å². The molecule has 11 heteroatoms. The molecule has 1 aliphatic rings. The number of halogens is 3. The Bertz CT molecular complexity index is 1340. The number of alkyl halides is 3. The molecule has 2 heterocycles. The third-order valence-corrected chi connectivity index (χ3v) is 5.48. The Labute approximate surface area is 210 Å². The first-order chi connectivity index (χ1) is 17.3. The average molecular weight is 515 g/mol. The molecule has 0 N–H and O–H groups in total. The van der Waals surface area contributed by atoms with Crippen LogP contribution in [0.1, 0.15) is 47.1 Å². The van der Waals surface area contributed by atoms with Gasteiger partial charge in [0.2, 0.25) is 0 Å². The van der Waals surface area contributed by atoms with Gasteiger partial charge in [-0.3, -0.25) is 9.59 Å². The number of ether oxygens (including phenoxy) is 2. The molecule has 4 rings (SSSR count). The molecule has 0 saturated heterocycles. The molecule has 2 aromatic carbocycles. The summed E-state index contributed by atoms with van der Waals surface area (Å²) < 4.78 is 50.2. The van der Waals surface area contributed by atoms with E-state index in [1.807, 2.05) is 12.1 Å². The van der Waals surface area contributed by atoms with Crippen LogP contribution in [0.5, 0.6) is 5.75 Å². The van der Waals surface area contributed by atoms with E-state index < -0.39 is 35.1 Å². The Morgan fingerprint density at radius 1 is 0.973 bits per heavy atom. The molecule has 37 heavy (non-hydrogen) atoms. The van der Waals surface area contributed by atoms with Crippen molar-refractivity contribution in [3.8, 4) is 16.9 Å². The molecule has 8 nitrogen and oxygen atoms in total. The first-order valence-electron chi connectivity index (χ1n) is 11.4. The van der Waals surface area contributed by atoms with Crippen molar-refractivity contribution in [3.63, 3.8) is 0 Å². The van der Waals surface area contributed by atoms with Gasteiger partial charge in [-0.1, -0.05) is 18.2 Å². The van der Waals surface area contributed by atoms with Gasteiger partial charge in [0.15, 0.2) is 0 Å². The van der Waals surface area contributed by atoms with Gasteiger partial charge >= 0.3 is 12.3 Å². The summed E-state index contributed by atoms with van der Waals surface area (Å²) in [4.78, 5) is 38.3. The molecule has 0 unspecified atom stereocenters. The quantitative estimate of drug-likeness (QED) is 0.450. The summed E-state index contributed by atoms with van der Waals surface area (Å²) in [5, 5.41) is 4.08. The lowest BCUT2D eigenvalue weighted by molar-refractivity contribution is -0.0885. The van der Waals surface area contributed by atoms with Crippen LogP contribution in [0.15, 0.2) is 54.9 Å². The number of hydrogen-bond acceptors (Lipinski definition) is 6. The fraction of sp³-hybridized carbons (Fsp3) is 0.308. The van der Waals surface area contributed by atoms with E-state index in [0.717, 1.165) is 22.4 Å². The number of rotatable bonds is 3. The number of carbonyl (C=O) groups excluding carboxylic acids is 3. The molecule has 0 fully saturated rings. The third-order valence-electron chi connectivity index (χ3n) is 5.48. The van der Waals surface area contributed by atoms with E-state index in [1.54, 1.807) is 33.0 Å². The minimum atomic E-state index is -4.99. The third kappa shape index (κ3) is 5.99. The van der Waals surface area contributed by atoms with Crippen LogP contribution >= 0.6 is 0 Å². The molecule has 0 radical (unpaired) electrons. The van der Waals surface area contributed by atoms with Crippen molar-refractivity contribution in [2.45, 2.75) is 39.1 Å². The van der Waals surface area contributed by atoms with Gasteiger partial charge in [0, 0.05) is 35.0 Å². The van der Waals surface area contributed by atoms with E-state index in [2.05, 4.69) is 5.10 Å². The highest BCUT2D eigenvalue weighted by molar-refractivity contribution is 6.01. The molecule has 194 valence electrons. The van der Waals surface area contributed by atoms with Crippen LogP contribution in [-0.2, 0) is 11.3 Å². The van der Waals surface area contributed by atoms with Crippen molar-refractivity contribution in [2.75, 3.05) is 13.2 Å². The predicted octanol–water partition coefficient (Wildman–Crippen LogP) is 5.11. The zero-order valence-electron chi connectivity index (χ0n) is 20.3. The Hall–Kier alpha value is -4.15. The SMILES string of the molecule is CC(C)(C)OC(=O)n1cc(-c2ccc3c(c2)CN(C(=O)c2ccc(C(=O)C(F)(F)F)cc2)CCO3)cn1. The fourth-order valence-electron chi connectivity index (χ4n) is 3.74. The maximum Gasteiger partial charge on any atom is 0.454 e. The molecule has 3 aromatic rings. The highest BCUT2D eigenvalue weighted by Gasteiger charge is 2.39. The van der Waals surface area contributed by atoms with E-state index in [-0.39, 0.29) is 25.3 Å². The molecular formula is C26H24F3N3O5. The zero-order chi connectivity index (χ0) is 27.0. The summed E-state index contributed by atoms with van der Waals surface area (Å²) in [6, 6.07) is 9.79. The molecule has 0 aliphatic carbocycles. The van der Waals surface area contributed by atoms with E-state index in [9.17, 15) is 27.6 Å². The van der Waals surface area contributed by atoms with Crippen LogP contribution < -0.4 is 4.74 Å². The Morgan fingerprint density at radius 3 is 2.30 bits per heavy atom. The second kappa shape index (κ2) is 9.72. The number of Topliss-reactive ketones (excluding diaryl/α,β-unsaturated/α-hetero) is 1. The van der Waals surface area contributed by atoms with Crippen LogP contribution in [0.2, 0.25) is 0 Å². The van der Waals surface area contributed by atoms with Crippen LogP contribution in [0.25, 0.3) is 11.1 Å². The van der Waals surface area contributed by atoms with Crippen molar-refractivity contribution in [1.29, 1.82) is 0 Å². The number of amides is 1. The molecule has 0 bridgehead atoms. The number of benzene rings is 2. The summed E-state index contributed by atoms with van der Waals surface area (Å²) in [5.74, 6) is -1.79. The summed E-state index contributed by atoms with van der Waals surface area (Å²) in [5.41, 5.74) is 1.04. The molecule has 0 saturated carbocycles. The van der Waals surface area contributed by atoms with Gasteiger partial charge in [-0.25, -0.2) is 4.79 Å². The number of ketones is 1. The summed E-state index contributed by atoms with van der Waals surface area (Å²) in [6.45, 7) is 5.93. The van der Waals surface area contributed by atoms with E-state index in [4.69, 9.17) is 9.47 Å². The van der Waals surface area contributed by atoms with Gasteiger partial charge in [-0.15, -0.1) is 0 Å². The van der Waals surface area contributed by atoms with Crippen LogP contribution in [-0.4, -0.2) is 57.4 Å². The van der Waals surface area contributed by atoms with Gasteiger partial charge in [0.05, 0.1) is 12.7 Å². The van der Waals surface area contributed by atoms with Crippen LogP contribution in [0.3, 0.4) is 0 Å². The van der Waals surface area contributed by atoms with Gasteiger partial charge < -0.3 is 14.4 Å². The van der Waals surface area contributed by atoms with E-state index in [0.29, 0.717) is 16.9 Å². The highest BCUT2D eigenvalue weighted by Crippen LogP contribution is 2.30. The largest absolute Gasteiger partial charge is 0.491 e. The molecular weight excluding hydrogens is 491 g/mol. The maximum atomic E-state index is 13.1. The monoisotopic (exact) mass is 515 g/mol. The first kappa shape index (κ1) is 25.9. The lowest BCUT2D eigenvalue weighted by Crippen LogP contribution is -2.32. The average Bonchev–Trinajstić information content (AvgIpc) is 3.23. The van der Waals surface area contributed by atoms with Gasteiger partial charge in [-0.2, -0.15) is 23.0 Å². The topological polar surface area (TPSA) is 90.7 Å². The summed E-state index contributed by atoms with van der Waals surface area (Å²) in [6.07, 6.45) is -2.54. The van der Waals surface area contributed by atoms with Gasteiger partial charge in [0.25, 0.3) is 11.7 Å². The van der Waals surface area contributed by atoms with Crippen molar-refractivity contribution in [2.24, 2.45) is 0 Å². The molecule has 1 aromatic heterocycles. The Morgan fingerprint density at radius 2 is 1.65 bits per heavy atom. The van der Waals surface area contributed by atoms with Crippen molar-refractivity contribution in [1.82, 2.24) is 14.7 Å². The summed E-state index contributed by atoms with van der Waals surface area (Å²) >= 11 is 0. The Kier molecular flexibility index (Phi) is 6.81. The number of aromatic nitrogens is 2. The fourth-order valence-corrected chi connectivity index (χ4v) is 3.74. The predicted molar refractivity (Wildman–Crippen MR) is 126 cm³/mol. The second-order valence-corrected chi connectivity index (χ2v) is 9.46. The molecule has 1 amide bonds. The maximum absolute atomic E-state index is 13.1. The summed E-state index contributed by atoms with van der Waals surface area (Å²) in [7, 11) is 0. The smallest absolute Gasteiger partial charge is 0.454 e. The van der Waals surface area contributed by atoms with Crippen LogP contribution in [0, 0.1) is 0 Å². The number of fused-ring (bicyclic) bond motifs is 1. The van der Waals surface area contributed by atoms with Gasteiger partial charge in [-0.05, 0) is 50.6 Å². The van der Waals surface area contributed by atoms with E-state index >= 15 is 0 Å². The minimum Gasteiger partial charge on any atom is -0.491 e. The standard InChI is InChI=1S/C26H24F3N3O5/c1-25(2,3)37-24(35)32-15-20(13-30-32)18-8-9-21-19(12-18)14-31(10-11-36-21)23(34)17-6-4-16(5-7-17)22(33)26(27,28)29/h4-9,12-13,15H,10-11,14H2,1-3H3. The Balaban J connectivity index is 1.53. The molecule has 0 spiro atoms. The van der Waals surface area contributed by atoms with E-state index in [1.165, 1.54) is 23.2 Å². The number of carbonyl (C=O) groups is 3. The lowest BCUT2D eigenvalue weighted by atomic mass is 10.0. The second-order valence-electron chi connectivity index (χ2n) is 9.46. The van der Waals surface area contributed by atoms with Gasteiger partial charge in [0.1, 0.15) is 18.0 Å². The van der Waals surface area contributed by atoms with Crippen molar-refractivity contribution in [3.05, 3.63) is 71.5 Å². The van der Waals surface area contributed by atoms with Crippen molar-refractivity contribution < 1.29 is 37.0 Å². The van der Waals surface area contributed by atoms with Crippen molar-refractivity contribution >= 4 is 17.8 Å². The highest BCUT2D eigenvalue weighted by atomic mass is 19.4. The normalized spacial score (nSPS) is 13.8. The molecule has 0 atom stereocenters. The zero-order valence-corrected chi connectivity index (χ0v) is 20.3. The number of nitrogens with zero attached hydrogens (tertiary/aromatic N) is 3. The number of hydrogen-bond donors (Lipinski definition) is 0. The molecule has 1 aliphatic heterocycles. The lowest BCUT2D eigenvalue weighted by Gasteiger charge is -2.20.